The highest BCUT2D eigenvalue weighted by Gasteiger charge is 2.06. The van der Waals surface area contributed by atoms with Crippen LogP contribution in [-0.4, -0.2) is 28.9 Å². The van der Waals surface area contributed by atoms with Gasteiger partial charge in [-0.15, -0.1) is 0 Å². The Hall–Kier alpha value is -2.73. The van der Waals surface area contributed by atoms with E-state index in [1.807, 2.05) is 32.0 Å². The average molecular weight is 348 g/mol. The van der Waals surface area contributed by atoms with E-state index < -0.39 is 5.75 Å². The number of phenolic OH excluding ortho intramolecular Hbond substituents is 2. The molecule has 0 saturated carbocycles. The summed E-state index contributed by atoms with van der Waals surface area (Å²) in [6, 6.07) is 8.61. The minimum absolute atomic E-state index is 0.000658. The van der Waals surface area contributed by atoms with Gasteiger partial charge in [0, 0.05) is 5.69 Å². The molecule has 0 saturated heterocycles. The van der Waals surface area contributed by atoms with Crippen molar-refractivity contribution in [3.05, 3.63) is 52.0 Å². The molecule has 0 aliphatic heterocycles. The number of nitrogens with one attached hydrogen (secondary N) is 2. The number of aryl methyl sites for hydroxylation is 2. The van der Waals surface area contributed by atoms with Crippen LogP contribution < -0.4 is 10.7 Å². The summed E-state index contributed by atoms with van der Waals surface area (Å²) in [7, 11) is 0. The number of rotatable bonds is 5. The number of hydrogen-bond donors (Lipinski definition) is 4. The monoisotopic (exact) mass is 347 g/mol. The SMILES string of the molecule is Cc1ccc(NCC(=O)N/N=C/c2cc(O)c(O)c(Cl)c2)c(C)c1. The third-order valence-corrected chi connectivity index (χ3v) is 3.58. The number of nitrogens with zero attached hydrogens (tertiary/aromatic N) is 1. The fraction of sp³-hybridized carbons (Fsp3) is 0.176. The second kappa shape index (κ2) is 7.70. The van der Waals surface area contributed by atoms with E-state index in [2.05, 4.69) is 15.8 Å². The van der Waals surface area contributed by atoms with E-state index in [0.29, 0.717) is 5.56 Å². The van der Waals surface area contributed by atoms with Crippen LogP contribution in [0.25, 0.3) is 0 Å². The fourth-order valence-corrected chi connectivity index (χ4v) is 2.31. The van der Waals surface area contributed by atoms with Gasteiger partial charge in [-0.05, 0) is 43.2 Å². The lowest BCUT2D eigenvalue weighted by atomic mass is 10.1. The molecule has 6 nitrogen and oxygen atoms in total. The zero-order valence-electron chi connectivity index (χ0n) is 13.3. The van der Waals surface area contributed by atoms with Crippen molar-refractivity contribution in [2.45, 2.75) is 13.8 Å². The van der Waals surface area contributed by atoms with Crippen LogP contribution in [0, 0.1) is 13.8 Å². The van der Waals surface area contributed by atoms with Crippen molar-refractivity contribution in [2.75, 3.05) is 11.9 Å². The maximum absolute atomic E-state index is 11.8. The molecule has 1 amide bonds. The second-order valence-electron chi connectivity index (χ2n) is 5.34. The minimum atomic E-state index is -0.393. The molecule has 24 heavy (non-hydrogen) atoms. The Morgan fingerprint density at radius 1 is 1.25 bits per heavy atom. The van der Waals surface area contributed by atoms with Gasteiger partial charge in [0.05, 0.1) is 17.8 Å². The number of hydrazone groups is 1. The Bertz CT molecular complexity index is 768. The summed E-state index contributed by atoms with van der Waals surface area (Å²) >= 11 is 5.74. The molecule has 0 unspecified atom stereocenters. The molecule has 0 bridgehead atoms. The molecule has 0 atom stereocenters. The predicted molar refractivity (Wildman–Crippen MR) is 94.9 cm³/mol. The number of amides is 1. The average Bonchev–Trinajstić information content (AvgIpc) is 2.51. The Labute approximate surface area is 144 Å². The van der Waals surface area contributed by atoms with Crippen LogP contribution in [0.1, 0.15) is 16.7 Å². The van der Waals surface area contributed by atoms with Crippen LogP contribution >= 0.6 is 11.6 Å². The van der Waals surface area contributed by atoms with Crippen LogP contribution in [-0.2, 0) is 4.79 Å². The number of carbonyl (C=O) groups is 1. The summed E-state index contributed by atoms with van der Waals surface area (Å²) in [5.41, 5.74) is 5.90. The van der Waals surface area contributed by atoms with Gasteiger partial charge in [0.25, 0.3) is 5.91 Å². The van der Waals surface area contributed by atoms with Crippen molar-refractivity contribution in [1.29, 1.82) is 0 Å². The van der Waals surface area contributed by atoms with Crippen molar-refractivity contribution < 1.29 is 15.0 Å². The van der Waals surface area contributed by atoms with Gasteiger partial charge in [-0.2, -0.15) is 5.10 Å². The summed E-state index contributed by atoms with van der Waals surface area (Å²) in [5, 5.41) is 25.6. The largest absolute Gasteiger partial charge is 0.504 e. The highest BCUT2D eigenvalue weighted by molar-refractivity contribution is 6.32. The molecular weight excluding hydrogens is 330 g/mol. The molecule has 4 N–H and O–H groups in total. The predicted octanol–water partition coefficient (Wildman–Crippen LogP) is 2.93. The molecule has 2 rings (SSSR count). The third-order valence-electron chi connectivity index (χ3n) is 3.29. The molecule has 0 spiro atoms. The summed E-state index contributed by atoms with van der Waals surface area (Å²) in [6.45, 7) is 4.04. The van der Waals surface area contributed by atoms with Crippen molar-refractivity contribution in [2.24, 2.45) is 5.10 Å². The second-order valence-corrected chi connectivity index (χ2v) is 5.74. The summed E-state index contributed by atoms with van der Waals surface area (Å²) in [4.78, 5) is 11.8. The van der Waals surface area contributed by atoms with Gasteiger partial charge in [0.15, 0.2) is 11.5 Å². The molecule has 2 aromatic carbocycles. The minimum Gasteiger partial charge on any atom is -0.504 e. The van der Waals surface area contributed by atoms with Crippen molar-refractivity contribution in [1.82, 2.24) is 5.43 Å². The number of aromatic hydroxyl groups is 2. The van der Waals surface area contributed by atoms with E-state index in [4.69, 9.17) is 11.6 Å². The first-order valence-corrected chi connectivity index (χ1v) is 7.59. The molecule has 0 heterocycles. The Morgan fingerprint density at radius 2 is 2.00 bits per heavy atom. The lowest BCUT2D eigenvalue weighted by Crippen LogP contribution is -2.26. The maximum atomic E-state index is 11.8. The van der Waals surface area contributed by atoms with Gasteiger partial charge in [-0.3, -0.25) is 4.79 Å². The molecule has 126 valence electrons. The number of hydrogen-bond acceptors (Lipinski definition) is 5. The van der Waals surface area contributed by atoms with E-state index in [-0.39, 0.29) is 23.2 Å². The molecule has 0 aromatic heterocycles. The van der Waals surface area contributed by atoms with Crippen LogP contribution in [0.3, 0.4) is 0 Å². The number of benzene rings is 2. The molecule has 0 radical (unpaired) electrons. The normalized spacial score (nSPS) is 10.8. The highest BCUT2D eigenvalue weighted by atomic mass is 35.5. The first kappa shape index (κ1) is 17.6. The molecule has 0 fully saturated rings. The third kappa shape index (κ3) is 4.63. The zero-order valence-corrected chi connectivity index (χ0v) is 14.1. The van der Waals surface area contributed by atoms with Gasteiger partial charge in [0.1, 0.15) is 0 Å². The van der Waals surface area contributed by atoms with E-state index in [1.54, 1.807) is 0 Å². The Balaban J connectivity index is 1.89. The first-order chi connectivity index (χ1) is 11.4. The lowest BCUT2D eigenvalue weighted by molar-refractivity contribution is -0.119. The van der Waals surface area contributed by atoms with E-state index in [9.17, 15) is 15.0 Å². The maximum Gasteiger partial charge on any atom is 0.259 e. The van der Waals surface area contributed by atoms with Gasteiger partial charge in [-0.1, -0.05) is 29.3 Å². The van der Waals surface area contributed by atoms with Crippen LogP contribution in [0.2, 0.25) is 5.02 Å². The van der Waals surface area contributed by atoms with E-state index in [1.165, 1.54) is 18.3 Å². The van der Waals surface area contributed by atoms with Gasteiger partial charge in [0.2, 0.25) is 0 Å². The standard InChI is InChI=1S/C17H18ClN3O3/c1-10-3-4-14(11(2)5-10)19-9-16(23)21-20-8-12-6-13(18)17(24)15(22)7-12/h3-8,19,22,24H,9H2,1-2H3,(H,21,23)/b20-8+. The number of halogens is 1. The van der Waals surface area contributed by atoms with Crippen molar-refractivity contribution in [3.8, 4) is 11.5 Å². The Morgan fingerprint density at radius 3 is 2.67 bits per heavy atom. The van der Waals surface area contributed by atoms with Gasteiger partial charge in [-0.25, -0.2) is 5.43 Å². The molecule has 7 heteroatoms. The fourth-order valence-electron chi connectivity index (χ4n) is 2.09. The van der Waals surface area contributed by atoms with Crippen molar-refractivity contribution in [3.63, 3.8) is 0 Å². The van der Waals surface area contributed by atoms with E-state index in [0.717, 1.165) is 16.8 Å². The summed E-state index contributed by atoms with van der Waals surface area (Å²) in [5.74, 6) is -1.07. The zero-order chi connectivity index (χ0) is 17.7. The Kier molecular flexibility index (Phi) is 5.65. The van der Waals surface area contributed by atoms with E-state index >= 15 is 0 Å². The van der Waals surface area contributed by atoms with Crippen LogP contribution in [0.5, 0.6) is 11.5 Å². The topological polar surface area (TPSA) is 94.0 Å². The number of carbonyl (C=O) groups excluding carboxylic acids is 1. The summed E-state index contributed by atoms with van der Waals surface area (Å²) < 4.78 is 0. The highest BCUT2D eigenvalue weighted by Crippen LogP contribution is 2.33. The lowest BCUT2D eigenvalue weighted by Gasteiger charge is -2.09. The molecular formula is C17H18ClN3O3. The van der Waals surface area contributed by atoms with Gasteiger partial charge >= 0.3 is 0 Å². The number of phenols is 2. The van der Waals surface area contributed by atoms with Crippen LogP contribution in [0.15, 0.2) is 35.4 Å². The number of anilines is 1. The van der Waals surface area contributed by atoms with Crippen molar-refractivity contribution >= 4 is 29.4 Å². The molecule has 2 aromatic rings. The molecule has 0 aliphatic rings. The molecule has 0 aliphatic carbocycles. The summed E-state index contributed by atoms with van der Waals surface area (Å²) in [6.07, 6.45) is 1.32. The van der Waals surface area contributed by atoms with Crippen LogP contribution in [0.4, 0.5) is 5.69 Å². The van der Waals surface area contributed by atoms with Gasteiger partial charge < -0.3 is 15.5 Å². The smallest absolute Gasteiger partial charge is 0.259 e. The first-order valence-electron chi connectivity index (χ1n) is 7.21. The quantitative estimate of drug-likeness (QED) is 0.380.